The molecule has 0 saturated heterocycles. The van der Waals surface area contributed by atoms with E-state index in [0.29, 0.717) is 10.8 Å². The fourth-order valence-corrected chi connectivity index (χ4v) is 8.94. The number of rotatable bonds is 4. The Labute approximate surface area is 211 Å². The van der Waals surface area contributed by atoms with Crippen LogP contribution in [0.3, 0.4) is 0 Å². The van der Waals surface area contributed by atoms with E-state index in [0.717, 1.165) is 47.7 Å². The maximum atomic E-state index is 5.50. The predicted octanol–water partition coefficient (Wildman–Crippen LogP) is 8.22. The average Bonchev–Trinajstić information content (AvgIpc) is 3.48. The van der Waals surface area contributed by atoms with Crippen LogP contribution in [-0.4, -0.2) is 9.78 Å². The topological polar surface area (TPSA) is 17.8 Å². The zero-order valence-corrected chi connectivity index (χ0v) is 22.7. The zero-order chi connectivity index (χ0) is 24.9. The third kappa shape index (κ3) is 4.99. The van der Waals surface area contributed by atoms with Gasteiger partial charge >= 0.3 is 0 Å². The molecule has 7 unspecified atom stereocenters. The molecule has 34 heavy (non-hydrogen) atoms. The number of aromatic nitrogens is 2. The summed E-state index contributed by atoms with van der Waals surface area (Å²) in [5, 5.41) is 4.53. The zero-order valence-electron chi connectivity index (χ0n) is 22.7. The molecule has 1 aromatic heterocycles. The lowest BCUT2D eigenvalue weighted by Crippen LogP contribution is -2.49. The van der Waals surface area contributed by atoms with Crippen LogP contribution in [0.15, 0.2) is 12.3 Å². The van der Waals surface area contributed by atoms with Gasteiger partial charge < -0.3 is 0 Å². The van der Waals surface area contributed by atoms with Crippen molar-refractivity contribution < 1.29 is 0 Å². The van der Waals surface area contributed by atoms with Crippen LogP contribution in [0.1, 0.15) is 111 Å². The molecule has 188 valence electrons. The van der Waals surface area contributed by atoms with Crippen LogP contribution in [0.25, 0.3) is 0 Å². The summed E-state index contributed by atoms with van der Waals surface area (Å²) in [6, 6.07) is 1.97. The number of hydrogen-bond acceptors (Lipinski definition) is 1. The van der Waals surface area contributed by atoms with Crippen LogP contribution in [0.5, 0.6) is 0 Å². The Morgan fingerprint density at radius 3 is 2.41 bits per heavy atom. The summed E-state index contributed by atoms with van der Waals surface area (Å²) in [5.74, 6) is 8.68. The van der Waals surface area contributed by atoms with Crippen LogP contribution >= 0.6 is 0 Å². The molecular weight excluding hydrogens is 412 g/mol. The summed E-state index contributed by atoms with van der Waals surface area (Å²) in [6.07, 6.45) is 31.7. The molecule has 0 bridgehead atoms. The number of nitrogens with zero attached hydrogens (tertiary/aromatic N) is 2. The van der Waals surface area contributed by atoms with E-state index in [-0.39, 0.29) is 0 Å². The van der Waals surface area contributed by atoms with Crippen molar-refractivity contribution in [2.24, 2.45) is 46.3 Å². The van der Waals surface area contributed by atoms with Gasteiger partial charge in [0.15, 0.2) is 0 Å². The standard InChI is InChI=1S/C28H42N2.C2H6.C2H2/c1-5-22-14-18-30(29-22)17-13-21-8-10-26-25-9-7-20-19-27(3,6-2)15-11-23(20)24(25)12-16-28(21,26)4;2*1-2/h1,14,18,20-21,23-26H,6-13,15-17,19H2,2-4H3;1-2H3;1-2H/t20?,21?,23?,24?,25?,26?,27-,28?;;/m0../s1. The molecule has 0 aliphatic heterocycles. The van der Waals surface area contributed by atoms with Gasteiger partial charge in [0.2, 0.25) is 0 Å². The van der Waals surface area contributed by atoms with Crippen molar-refractivity contribution in [2.45, 2.75) is 112 Å². The fourth-order valence-electron chi connectivity index (χ4n) is 8.94. The summed E-state index contributed by atoms with van der Waals surface area (Å²) >= 11 is 0. The summed E-state index contributed by atoms with van der Waals surface area (Å²) in [6.45, 7) is 12.7. The van der Waals surface area contributed by atoms with E-state index < -0.39 is 0 Å². The first kappa shape index (κ1) is 26.9. The third-order valence-electron chi connectivity index (χ3n) is 10.9. The number of fused-ring (bicyclic) bond motifs is 5. The highest BCUT2D eigenvalue weighted by atomic mass is 15.3. The van der Waals surface area contributed by atoms with E-state index in [1.54, 1.807) is 0 Å². The van der Waals surface area contributed by atoms with Gasteiger partial charge in [0, 0.05) is 12.7 Å². The Balaban J connectivity index is 0.000000771. The highest BCUT2D eigenvalue weighted by Crippen LogP contribution is 2.65. The molecule has 8 atom stereocenters. The van der Waals surface area contributed by atoms with E-state index >= 15 is 0 Å². The highest BCUT2D eigenvalue weighted by molar-refractivity contribution is 5.21. The van der Waals surface area contributed by atoms with Crippen molar-refractivity contribution in [3.63, 3.8) is 0 Å². The van der Waals surface area contributed by atoms with Crippen molar-refractivity contribution in [3.05, 3.63) is 18.0 Å². The monoisotopic (exact) mass is 462 g/mol. The maximum Gasteiger partial charge on any atom is 0.134 e. The minimum atomic E-state index is 0.572. The average molecular weight is 463 g/mol. The second-order valence-electron chi connectivity index (χ2n) is 12.1. The summed E-state index contributed by atoms with van der Waals surface area (Å²) < 4.78 is 2.08. The first-order chi connectivity index (χ1) is 16.5. The van der Waals surface area contributed by atoms with Gasteiger partial charge in [0.1, 0.15) is 5.69 Å². The first-order valence-electron chi connectivity index (χ1n) is 14.3. The van der Waals surface area contributed by atoms with Gasteiger partial charge in [0.05, 0.1) is 0 Å². The highest BCUT2D eigenvalue weighted by Gasteiger charge is 2.57. The molecular formula is C32H50N2. The van der Waals surface area contributed by atoms with Gasteiger partial charge in [-0.15, -0.1) is 19.3 Å². The summed E-state index contributed by atoms with van der Waals surface area (Å²) in [4.78, 5) is 0. The minimum Gasteiger partial charge on any atom is -0.271 e. The summed E-state index contributed by atoms with van der Waals surface area (Å²) in [5.41, 5.74) is 1.99. The van der Waals surface area contributed by atoms with E-state index in [4.69, 9.17) is 6.42 Å². The quantitative estimate of drug-likeness (QED) is 0.412. The van der Waals surface area contributed by atoms with Gasteiger partial charge in [-0.1, -0.05) is 41.0 Å². The third-order valence-corrected chi connectivity index (χ3v) is 10.9. The molecule has 4 saturated carbocycles. The van der Waals surface area contributed by atoms with Crippen molar-refractivity contribution >= 4 is 0 Å². The molecule has 0 N–H and O–H groups in total. The Morgan fingerprint density at radius 1 is 1.00 bits per heavy atom. The molecule has 0 radical (unpaired) electrons. The molecule has 2 nitrogen and oxygen atoms in total. The van der Waals surface area contributed by atoms with Crippen LogP contribution < -0.4 is 0 Å². The Morgan fingerprint density at radius 2 is 1.74 bits per heavy atom. The number of aryl methyl sites for hydroxylation is 1. The Bertz CT molecular complexity index is 843. The molecule has 0 aromatic carbocycles. The molecule has 0 spiro atoms. The van der Waals surface area contributed by atoms with E-state index in [1.807, 2.05) is 19.9 Å². The van der Waals surface area contributed by atoms with Gasteiger partial charge in [-0.25, -0.2) is 0 Å². The smallest absolute Gasteiger partial charge is 0.134 e. The second-order valence-corrected chi connectivity index (χ2v) is 12.1. The molecule has 4 fully saturated rings. The van der Waals surface area contributed by atoms with E-state index in [1.165, 1.54) is 70.6 Å². The molecule has 0 amide bonds. The molecule has 1 aromatic rings. The Kier molecular flexibility index (Phi) is 9.01. The SMILES string of the molecule is C#C.C#Cc1ccn(CCC2CCC3C4CCC5C[C@@](C)(CC)CCC5C4CCC23C)n1.CC. The summed E-state index contributed by atoms with van der Waals surface area (Å²) in [7, 11) is 0. The van der Waals surface area contributed by atoms with Crippen LogP contribution in [-0.2, 0) is 6.54 Å². The van der Waals surface area contributed by atoms with Crippen molar-refractivity contribution in [2.75, 3.05) is 0 Å². The minimum absolute atomic E-state index is 0.572. The number of terminal acetylenes is 2. The maximum absolute atomic E-state index is 5.50. The molecule has 4 aliphatic rings. The second kappa shape index (κ2) is 11.4. The van der Waals surface area contributed by atoms with Gasteiger partial charge in [-0.05, 0) is 123 Å². The first-order valence-corrected chi connectivity index (χ1v) is 14.3. The number of hydrogen-bond donors (Lipinski definition) is 0. The van der Waals surface area contributed by atoms with E-state index in [2.05, 4.69) is 55.5 Å². The Hall–Kier alpha value is -1.67. The molecule has 2 heteroatoms. The lowest BCUT2D eigenvalue weighted by molar-refractivity contribution is -0.0792. The van der Waals surface area contributed by atoms with Crippen molar-refractivity contribution in [1.82, 2.24) is 9.78 Å². The predicted molar refractivity (Wildman–Crippen MR) is 145 cm³/mol. The molecule has 4 aliphatic carbocycles. The lowest BCUT2D eigenvalue weighted by Gasteiger charge is -2.57. The van der Waals surface area contributed by atoms with Crippen LogP contribution in [0.2, 0.25) is 0 Å². The van der Waals surface area contributed by atoms with Gasteiger partial charge in [-0.2, -0.15) is 5.10 Å². The van der Waals surface area contributed by atoms with E-state index in [9.17, 15) is 0 Å². The van der Waals surface area contributed by atoms with Gasteiger partial charge in [-0.3, -0.25) is 4.68 Å². The lowest BCUT2D eigenvalue weighted by atomic mass is 9.48. The van der Waals surface area contributed by atoms with Crippen molar-refractivity contribution in [3.8, 4) is 25.2 Å². The van der Waals surface area contributed by atoms with Gasteiger partial charge in [0.25, 0.3) is 0 Å². The normalized spacial score (nSPS) is 40.2. The van der Waals surface area contributed by atoms with Crippen molar-refractivity contribution in [1.29, 1.82) is 0 Å². The molecule has 5 rings (SSSR count). The van der Waals surface area contributed by atoms with Crippen LogP contribution in [0.4, 0.5) is 0 Å². The largest absolute Gasteiger partial charge is 0.271 e. The van der Waals surface area contributed by atoms with Crippen LogP contribution in [0, 0.1) is 71.5 Å². The molecule has 1 heterocycles. The fraction of sp³-hybridized carbons (Fsp3) is 0.781.